The van der Waals surface area contributed by atoms with E-state index in [1.54, 1.807) is 32.4 Å². The van der Waals surface area contributed by atoms with E-state index in [0.29, 0.717) is 28.4 Å². The highest BCUT2D eigenvalue weighted by Crippen LogP contribution is 2.33. The molecule has 5 nitrogen and oxygen atoms in total. The molecule has 0 N–H and O–H groups in total. The maximum atomic E-state index is 13.2. The number of ether oxygens (including phenoxy) is 2. The smallest absolute Gasteiger partial charge is 0.277 e. The predicted octanol–water partition coefficient (Wildman–Crippen LogP) is 4.19. The van der Waals surface area contributed by atoms with Gasteiger partial charge in [0.1, 0.15) is 5.82 Å². The summed E-state index contributed by atoms with van der Waals surface area (Å²) in [7, 11) is 3.14. The lowest BCUT2D eigenvalue weighted by molar-refractivity contribution is 0.355. The van der Waals surface area contributed by atoms with Crippen molar-refractivity contribution < 1.29 is 18.3 Å². The number of hydrogen-bond acceptors (Lipinski definition) is 6. The molecule has 0 aliphatic heterocycles. The van der Waals surface area contributed by atoms with Gasteiger partial charge < -0.3 is 13.9 Å². The van der Waals surface area contributed by atoms with Crippen LogP contribution in [0.3, 0.4) is 0 Å². The zero-order valence-corrected chi connectivity index (χ0v) is 14.0. The highest BCUT2D eigenvalue weighted by molar-refractivity contribution is 7.98. The van der Waals surface area contributed by atoms with E-state index < -0.39 is 0 Å². The van der Waals surface area contributed by atoms with Gasteiger partial charge in [-0.3, -0.25) is 0 Å². The molecular formula is C17H15FN2O3S. The van der Waals surface area contributed by atoms with Crippen LogP contribution in [-0.4, -0.2) is 24.4 Å². The van der Waals surface area contributed by atoms with Gasteiger partial charge in [-0.25, -0.2) is 4.39 Å². The number of nitrogens with zero attached hydrogens (tertiary/aromatic N) is 2. The summed E-state index contributed by atoms with van der Waals surface area (Å²) in [5.41, 5.74) is 1.59. The lowest BCUT2D eigenvalue weighted by Gasteiger charge is -2.07. The van der Waals surface area contributed by atoms with Gasteiger partial charge in [-0.2, -0.15) is 0 Å². The second-order valence-electron chi connectivity index (χ2n) is 4.86. The number of benzene rings is 2. The monoisotopic (exact) mass is 346 g/mol. The largest absolute Gasteiger partial charge is 0.493 e. The Morgan fingerprint density at radius 3 is 2.62 bits per heavy atom. The Morgan fingerprint density at radius 1 is 1.04 bits per heavy atom. The number of hydrogen-bond donors (Lipinski definition) is 0. The van der Waals surface area contributed by atoms with Crippen molar-refractivity contribution in [2.24, 2.45) is 0 Å². The van der Waals surface area contributed by atoms with E-state index >= 15 is 0 Å². The van der Waals surface area contributed by atoms with E-state index in [1.165, 1.54) is 23.9 Å². The first-order chi connectivity index (χ1) is 11.7. The molecule has 1 heterocycles. The minimum absolute atomic E-state index is 0.260. The molecule has 0 unspecified atom stereocenters. The molecule has 0 fully saturated rings. The molecule has 0 aliphatic rings. The number of halogens is 1. The molecule has 2 aromatic carbocycles. The van der Waals surface area contributed by atoms with E-state index in [2.05, 4.69) is 10.2 Å². The molecule has 3 rings (SSSR count). The average Bonchev–Trinajstić information content (AvgIpc) is 3.08. The van der Waals surface area contributed by atoms with Crippen LogP contribution in [0.4, 0.5) is 4.39 Å². The third kappa shape index (κ3) is 3.68. The molecule has 0 atom stereocenters. The number of rotatable bonds is 6. The van der Waals surface area contributed by atoms with Crippen LogP contribution in [0.1, 0.15) is 5.56 Å². The fraction of sp³-hybridized carbons (Fsp3) is 0.176. The Kier molecular flexibility index (Phi) is 5.00. The maximum absolute atomic E-state index is 13.2. The van der Waals surface area contributed by atoms with Gasteiger partial charge >= 0.3 is 0 Å². The first-order valence-electron chi connectivity index (χ1n) is 7.12. The van der Waals surface area contributed by atoms with E-state index in [9.17, 15) is 4.39 Å². The molecule has 0 aliphatic carbocycles. The Labute approximate surface area is 142 Å². The van der Waals surface area contributed by atoms with Gasteiger partial charge in [0.25, 0.3) is 5.22 Å². The summed E-state index contributed by atoms with van der Waals surface area (Å²) in [6.45, 7) is 0. The van der Waals surface area contributed by atoms with Crippen LogP contribution in [0.15, 0.2) is 52.1 Å². The predicted molar refractivity (Wildman–Crippen MR) is 88.8 cm³/mol. The number of thioether (sulfide) groups is 1. The molecule has 0 amide bonds. The zero-order valence-electron chi connectivity index (χ0n) is 13.2. The molecule has 0 saturated carbocycles. The van der Waals surface area contributed by atoms with Crippen molar-refractivity contribution in [2.45, 2.75) is 11.0 Å². The van der Waals surface area contributed by atoms with Gasteiger partial charge in [-0.15, -0.1) is 10.2 Å². The lowest BCUT2D eigenvalue weighted by Crippen LogP contribution is -1.90. The van der Waals surface area contributed by atoms with Crippen LogP contribution in [0, 0.1) is 5.82 Å². The Morgan fingerprint density at radius 2 is 1.88 bits per heavy atom. The topological polar surface area (TPSA) is 57.4 Å². The van der Waals surface area contributed by atoms with Crippen molar-refractivity contribution in [1.29, 1.82) is 0 Å². The van der Waals surface area contributed by atoms with Crippen LogP contribution in [0.2, 0.25) is 0 Å². The minimum atomic E-state index is -0.260. The first-order valence-corrected chi connectivity index (χ1v) is 8.11. The van der Waals surface area contributed by atoms with Crippen LogP contribution in [0.25, 0.3) is 11.5 Å². The van der Waals surface area contributed by atoms with Crippen LogP contribution in [-0.2, 0) is 5.75 Å². The second-order valence-corrected chi connectivity index (χ2v) is 5.79. The fourth-order valence-corrected chi connectivity index (χ4v) is 2.83. The summed E-state index contributed by atoms with van der Waals surface area (Å²) >= 11 is 1.35. The summed E-state index contributed by atoms with van der Waals surface area (Å²) < 4.78 is 29.3. The Balaban J connectivity index is 1.73. The van der Waals surface area contributed by atoms with E-state index in [4.69, 9.17) is 13.9 Å². The molecule has 24 heavy (non-hydrogen) atoms. The van der Waals surface area contributed by atoms with Crippen molar-refractivity contribution in [2.75, 3.05) is 14.2 Å². The lowest BCUT2D eigenvalue weighted by atomic mass is 10.2. The second kappa shape index (κ2) is 7.35. The standard InChI is InChI=1S/C17H15FN2O3S/c1-21-14-7-6-12(9-15(14)22-2)16-19-20-17(23-16)24-10-11-4-3-5-13(18)8-11/h3-9H,10H2,1-2H3. The molecule has 0 spiro atoms. The van der Waals surface area contributed by atoms with Gasteiger partial charge in [0.2, 0.25) is 5.89 Å². The molecular weight excluding hydrogens is 331 g/mol. The molecule has 7 heteroatoms. The van der Waals surface area contributed by atoms with Crippen LogP contribution >= 0.6 is 11.8 Å². The SMILES string of the molecule is COc1ccc(-c2nnc(SCc3cccc(F)c3)o2)cc1OC. The van der Waals surface area contributed by atoms with Gasteiger partial charge in [0.05, 0.1) is 14.2 Å². The Hall–Kier alpha value is -2.54. The van der Waals surface area contributed by atoms with Gasteiger partial charge in [0, 0.05) is 11.3 Å². The molecule has 124 valence electrons. The third-order valence-electron chi connectivity index (χ3n) is 3.29. The van der Waals surface area contributed by atoms with Crippen molar-refractivity contribution >= 4 is 11.8 Å². The van der Waals surface area contributed by atoms with Crippen molar-refractivity contribution in [3.05, 3.63) is 53.8 Å². The third-order valence-corrected chi connectivity index (χ3v) is 4.18. The summed E-state index contributed by atoms with van der Waals surface area (Å²) in [5.74, 6) is 1.89. The van der Waals surface area contributed by atoms with Crippen molar-refractivity contribution in [3.63, 3.8) is 0 Å². The molecule has 3 aromatic rings. The molecule has 0 saturated heterocycles. The van der Waals surface area contributed by atoms with Gasteiger partial charge in [-0.05, 0) is 35.9 Å². The quantitative estimate of drug-likeness (QED) is 0.624. The van der Waals surface area contributed by atoms with E-state index in [-0.39, 0.29) is 5.82 Å². The average molecular weight is 346 g/mol. The summed E-state index contributed by atoms with van der Waals surface area (Å²) in [4.78, 5) is 0. The maximum Gasteiger partial charge on any atom is 0.277 e. The van der Waals surface area contributed by atoms with Gasteiger partial charge in [0.15, 0.2) is 11.5 Å². The van der Waals surface area contributed by atoms with Crippen molar-refractivity contribution in [3.8, 4) is 23.0 Å². The van der Waals surface area contributed by atoms with Crippen LogP contribution < -0.4 is 9.47 Å². The summed E-state index contributed by atoms with van der Waals surface area (Å²) in [6, 6.07) is 11.8. The first kappa shape index (κ1) is 16.3. The molecule has 0 radical (unpaired) electrons. The fourth-order valence-electron chi connectivity index (χ4n) is 2.13. The molecule has 0 bridgehead atoms. The summed E-state index contributed by atoms with van der Waals surface area (Å²) in [6.07, 6.45) is 0. The number of methoxy groups -OCH3 is 2. The van der Waals surface area contributed by atoms with Crippen molar-refractivity contribution in [1.82, 2.24) is 10.2 Å². The highest BCUT2D eigenvalue weighted by atomic mass is 32.2. The normalized spacial score (nSPS) is 10.6. The summed E-state index contributed by atoms with van der Waals surface area (Å²) in [5, 5.41) is 8.47. The minimum Gasteiger partial charge on any atom is -0.493 e. The zero-order chi connectivity index (χ0) is 16.9. The van der Waals surface area contributed by atoms with E-state index in [1.807, 2.05) is 12.1 Å². The highest BCUT2D eigenvalue weighted by Gasteiger charge is 2.12. The Bertz CT molecular complexity index is 838. The number of aromatic nitrogens is 2. The van der Waals surface area contributed by atoms with Gasteiger partial charge in [-0.1, -0.05) is 23.9 Å². The van der Waals surface area contributed by atoms with E-state index in [0.717, 1.165) is 11.1 Å². The van der Waals surface area contributed by atoms with Crippen LogP contribution in [0.5, 0.6) is 11.5 Å². The molecule has 1 aromatic heterocycles.